The summed E-state index contributed by atoms with van der Waals surface area (Å²) in [7, 11) is 0. The molecule has 0 spiro atoms. The van der Waals surface area contributed by atoms with Crippen LogP contribution in [0.3, 0.4) is 0 Å². The zero-order chi connectivity index (χ0) is 19.4. The van der Waals surface area contributed by atoms with E-state index in [1.54, 1.807) is 24.3 Å². The van der Waals surface area contributed by atoms with Crippen LogP contribution in [-0.4, -0.2) is 29.5 Å². The highest BCUT2D eigenvalue weighted by Gasteiger charge is 2.25. The zero-order valence-corrected chi connectivity index (χ0v) is 14.4. The molecule has 8 nitrogen and oxygen atoms in total. The second kappa shape index (κ2) is 7.69. The summed E-state index contributed by atoms with van der Waals surface area (Å²) in [5.41, 5.74) is 0.806. The maximum absolute atomic E-state index is 12.3. The quantitative estimate of drug-likeness (QED) is 0.494. The number of esters is 1. The minimum absolute atomic E-state index is 0.0320. The van der Waals surface area contributed by atoms with Crippen LogP contribution in [0.4, 0.5) is 11.4 Å². The van der Waals surface area contributed by atoms with Gasteiger partial charge in [-0.2, -0.15) is 0 Å². The van der Waals surface area contributed by atoms with Gasteiger partial charge in [0.15, 0.2) is 6.10 Å². The van der Waals surface area contributed by atoms with Crippen LogP contribution in [0.1, 0.15) is 12.5 Å². The van der Waals surface area contributed by atoms with Crippen molar-refractivity contribution in [3.63, 3.8) is 0 Å². The minimum Gasteiger partial charge on any atom is -0.488 e. The number of para-hydroxylation sites is 3. The van der Waals surface area contributed by atoms with Gasteiger partial charge in [-0.1, -0.05) is 30.3 Å². The lowest BCUT2D eigenvalue weighted by Crippen LogP contribution is -2.31. The maximum atomic E-state index is 12.3. The van der Waals surface area contributed by atoms with E-state index in [9.17, 15) is 19.7 Å². The van der Waals surface area contributed by atoms with E-state index < -0.39 is 22.9 Å². The number of nitrogens with one attached hydrogen (secondary N) is 1. The van der Waals surface area contributed by atoms with Crippen LogP contribution < -0.4 is 10.1 Å². The molecule has 0 radical (unpaired) electrons. The molecule has 8 heteroatoms. The van der Waals surface area contributed by atoms with Crippen molar-refractivity contribution in [3.05, 3.63) is 69.8 Å². The number of rotatable bonds is 5. The Labute approximate surface area is 154 Å². The topological polar surface area (TPSA) is 108 Å². The fourth-order valence-corrected chi connectivity index (χ4v) is 2.50. The Kier molecular flexibility index (Phi) is 5.16. The number of carbonyl (C=O) groups is 2. The molecule has 0 aliphatic carbocycles. The van der Waals surface area contributed by atoms with Gasteiger partial charge in [0.25, 0.3) is 11.6 Å². The summed E-state index contributed by atoms with van der Waals surface area (Å²) in [6.07, 6.45) is 0.503. The van der Waals surface area contributed by atoms with E-state index in [-0.39, 0.29) is 23.6 Å². The molecule has 0 bridgehead atoms. The lowest BCUT2D eigenvalue weighted by atomic mass is 10.1. The Hall–Kier alpha value is -3.68. The van der Waals surface area contributed by atoms with Crippen molar-refractivity contribution < 1.29 is 24.0 Å². The minimum atomic E-state index is -1.14. The number of hydrogen-bond donors (Lipinski definition) is 1. The molecule has 2 aromatic rings. The van der Waals surface area contributed by atoms with Gasteiger partial charge in [0.05, 0.1) is 10.5 Å². The number of ether oxygens (including phenoxy) is 2. The molecular formula is C19H16N2O6. The van der Waals surface area contributed by atoms with Crippen LogP contribution in [0.2, 0.25) is 0 Å². The Morgan fingerprint density at radius 2 is 1.89 bits per heavy atom. The molecule has 1 amide bonds. The SMILES string of the molecule is C[C@H](OC(=O)C1=Cc2ccccc2OC1)C(=O)Nc1ccccc1[N+](=O)[O-]. The summed E-state index contributed by atoms with van der Waals surface area (Å²) in [5, 5.41) is 13.4. The van der Waals surface area contributed by atoms with Gasteiger partial charge in [0.2, 0.25) is 0 Å². The number of nitro benzene ring substituents is 1. The van der Waals surface area contributed by atoms with E-state index >= 15 is 0 Å². The number of nitrogens with zero attached hydrogens (tertiary/aromatic N) is 1. The number of nitro groups is 1. The highest BCUT2D eigenvalue weighted by atomic mass is 16.6. The van der Waals surface area contributed by atoms with Gasteiger partial charge >= 0.3 is 5.97 Å². The second-order valence-corrected chi connectivity index (χ2v) is 5.81. The number of hydrogen-bond acceptors (Lipinski definition) is 6. The predicted molar refractivity (Wildman–Crippen MR) is 97.2 cm³/mol. The molecular weight excluding hydrogens is 352 g/mol. The third-order valence-electron chi connectivity index (χ3n) is 3.91. The normalized spacial score (nSPS) is 13.4. The van der Waals surface area contributed by atoms with Crippen LogP contribution in [-0.2, 0) is 14.3 Å². The van der Waals surface area contributed by atoms with Gasteiger partial charge in [0, 0.05) is 11.6 Å². The van der Waals surface area contributed by atoms with Gasteiger partial charge in [-0.05, 0) is 25.1 Å². The third kappa shape index (κ3) is 4.12. The van der Waals surface area contributed by atoms with Crippen molar-refractivity contribution in [1.82, 2.24) is 0 Å². The molecule has 1 atom stereocenters. The van der Waals surface area contributed by atoms with Crippen LogP contribution >= 0.6 is 0 Å². The van der Waals surface area contributed by atoms with Crippen LogP contribution in [0.15, 0.2) is 54.1 Å². The van der Waals surface area contributed by atoms with E-state index in [4.69, 9.17) is 9.47 Å². The molecule has 1 aliphatic rings. The lowest BCUT2D eigenvalue weighted by Gasteiger charge is -2.19. The summed E-state index contributed by atoms with van der Waals surface area (Å²) in [6, 6.07) is 12.9. The number of fused-ring (bicyclic) bond motifs is 1. The molecule has 0 saturated heterocycles. The molecule has 1 N–H and O–H groups in total. The van der Waals surface area contributed by atoms with Crippen LogP contribution in [0, 0.1) is 10.1 Å². The molecule has 0 aromatic heterocycles. The average Bonchev–Trinajstić information content (AvgIpc) is 2.67. The van der Waals surface area contributed by atoms with Crippen molar-refractivity contribution in [2.24, 2.45) is 0 Å². The van der Waals surface area contributed by atoms with E-state index in [1.165, 1.54) is 25.1 Å². The Bertz CT molecular complexity index is 937. The van der Waals surface area contributed by atoms with Gasteiger partial charge in [0.1, 0.15) is 18.0 Å². The summed E-state index contributed by atoms with van der Waals surface area (Å²) in [4.78, 5) is 34.9. The lowest BCUT2D eigenvalue weighted by molar-refractivity contribution is -0.383. The first-order valence-corrected chi connectivity index (χ1v) is 8.13. The summed E-state index contributed by atoms with van der Waals surface area (Å²) in [6.45, 7) is 1.43. The van der Waals surface area contributed by atoms with Crippen molar-refractivity contribution >= 4 is 29.3 Å². The van der Waals surface area contributed by atoms with Gasteiger partial charge in [-0.3, -0.25) is 14.9 Å². The molecule has 2 aromatic carbocycles. The maximum Gasteiger partial charge on any atom is 0.338 e. The predicted octanol–water partition coefficient (Wildman–Crippen LogP) is 2.94. The van der Waals surface area contributed by atoms with Crippen molar-refractivity contribution in [1.29, 1.82) is 0 Å². The highest BCUT2D eigenvalue weighted by Crippen LogP contribution is 2.27. The molecule has 0 unspecified atom stereocenters. The second-order valence-electron chi connectivity index (χ2n) is 5.81. The standard InChI is InChI=1S/C19H16N2O6/c1-12(18(22)20-15-7-3-4-8-16(15)21(24)25)27-19(23)14-10-13-6-2-5-9-17(13)26-11-14/h2-10,12H,11H2,1H3,(H,20,22)/t12-/m0/s1. The molecule has 1 heterocycles. The van der Waals surface area contributed by atoms with E-state index in [2.05, 4.69) is 5.32 Å². The smallest absolute Gasteiger partial charge is 0.338 e. The van der Waals surface area contributed by atoms with Crippen LogP contribution in [0.25, 0.3) is 6.08 Å². The Balaban J connectivity index is 1.66. The fourth-order valence-electron chi connectivity index (χ4n) is 2.50. The van der Waals surface area contributed by atoms with Crippen LogP contribution in [0.5, 0.6) is 5.75 Å². The molecule has 1 aliphatic heterocycles. The highest BCUT2D eigenvalue weighted by molar-refractivity contribution is 6.00. The molecule has 0 saturated carbocycles. The van der Waals surface area contributed by atoms with E-state index in [0.717, 1.165) is 5.56 Å². The molecule has 27 heavy (non-hydrogen) atoms. The molecule has 138 valence electrons. The first-order chi connectivity index (χ1) is 13.0. The monoisotopic (exact) mass is 368 g/mol. The summed E-state index contributed by atoms with van der Waals surface area (Å²) >= 11 is 0. The zero-order valence-electron chi connectivity index (χ0n) is 14.4. The average molecular weight is 368 g/mol. The van der Waals surface area contributed by atoms with Crippen molar-refractivity contribution in [3.8, 4) is 5.75 Å². The van der Waals surface area contributed by atoms with Gasteiger partial charge in [-0.15, -0.1) is 0 Å². The first-order valence-electron chi connectivity index (χ1n) is 8.13. The summed E-state index contributed by atoms with van der Waals surface area (Å²) < 4.78 is 10.7. The van der Waals surface area contributed by atoms with Gasteiger partial charge < -0.3 is 14.8 Å². The first kappa shape index (κ1) is 18.1. The third-order valence-corrected chi connectivity index (χ3v) is 3.91. The number of benzene rings is 2. The Morgan fingerprint density at radius 3 is 2.67 bits per heavy atom. The molecule has 3 rings (SSSR count). The number of amides is 1. The van der Waals surface area contributed by atoms with Crippen molar-refractivity contribution in [2.75, 3.05) is 11.9 Å². The fraction of sp³-hybridized carbons (Fsp3) is 0.158. The van der Waals surface area contributed by atoms with E-state index in [0.29, 0.717) is 5.75 Å². The van der Waals surface area contributed by atoms with E-state index in [1.807, 2.05) is 12.1 Å². The van der Waals surface area contributed by atoms with Gasteiger partial charge in [-0.25, -0.2) is 4.79 Å². The van der Waals surface area contributed by atoms with Crippen molar-refractivity contribution in [2.45, 2.75) is 13.0 Å². The Morgan fingerprint density at radius 1 is 1.19 bits per heavy atom. The molecule has 0 fully saturated rings. The number of anilines is 1. The largest absolute Gasteiger partial charge is 0.488 e. The number of carbonyl (C=O) groups excluding carboxylic acids is 2. The summed E-state index contributed by atoms with van der Waals surface area (Å²) in [5.74, 6) is -0.693.